The van der Waals surface area contributed by atoms with Gasteiger partial charge in [-0.05, 0) is 54.4 Å². The fraction of sp³-hybridized carbons (Fsp3) is 0.769. The molecule has 0 spiro atoms. The van der Waals surface area contributed by atoms with E-state index in [2.05, 4.69) is 27.8 Å². The highest BCUT2D eigenvalue weighted by Gasteiger charge is 2.16. The number of ether oxygens (including phenoxy) is 5. The van der Waals surface area contributed by atoms with Gasteiger partial charge in [0.1, 0.15) is 17.8 Å². The van der Waals surface area contributed by atoms with E-state index in [4.69, 9.17) is 41.6 Å². The maximum atomic E-state index is 11.3. The van der Waals surface area contributed by atoms with Crippen molar-refractivity contribution in [3.63, 3.8) is 0 Å². The first kappa shape index (κ1) is 37.9. The smallest absolute Gasteiger partial charge is 0.306 e. The maximum absolute atomic E-state index is 11.3. The summed E-state index contributed by atoms with van der Waals surface area (Å²) in [5.41, 5.74) is -0.829. The van der Waals surface area contributed by atoms with Gasteiger partial charge < -0.3 is 28.8 Å². The molecule has 0 rings (SSSR count). The van der Waals surface area contributed by atoms with Crippen molar-refractivity contribution in [1.82, 2.24) is 0 Å². The van der Waals surface area contributed by atoms with Gasteiger partial charge in [0.15, 0.2) is 0 Å². The average Bonchev–Trinajstić information content (AvgIpc) is 2.73. The molecule has 35 heavy (non-hydrogen) atoms. The van der Waals surface area contributed by atoms with Crippen LogP contribution in [0.1, 0.15) is 67.2 Å². The van der Waals surface area contributed by atoms with Gasteiger partial charge in [-0.25, -0.2) is 0 Å². The summed E-state index contributed by atoms with van der Waals surface area (Å²) < 4.78 is 25.5. The maximum Gasteiger partial charge on any atom is 0.306 e. The lowest BCUT2D eigenvalue weighted by Crippen LogP contribution is -2.23. The van der Waals surface area contributed by atoms with Crippen molar-refractivity contribution >= 4 is 27.9 Å². The van der Waals surface area contributed by atoms with Gasteiger partial charge in [-0.1, -0.05) is 27.8 Å². The summed E-state index contributed by atoms with van der Waals surface area (Å²) in [6.45, 7) is 13.7. The molecule has 8 nitrogen and oxygen atoms in total. The summed E-state index contributed by atoms with van der Waals surface area (Å²) in [5, 5.41) is 9.07. The van der Waals surface area contributed by atoms with Crippen LogP contribution in [0, 0.1) is 24.7 Å². The molecule has 0 bridgehead atoms. The number of aliphatic hydroxyl groups excluding tert-OH is 1. The molecule has 1 N–H and O–H groups in total. The second-order valence-electron chi connectivity index (χ2n) is 8.92. The third kappa shape index (κ3) is 42.9. The molecule has 0 amide bonds. The number of halogens is 1. The van der Waals surface area contributed by atoms with Crippen molar-refractivity contribution in [2.75, 3.05) is 51.6 Å². The molecule has 0 radical (unpaired) electrons. The van der Waals surface area contributed by atoms with Crippen molar-refractivity contribution in [2.45, 2.75) is 78.4 Å². The normalized spacial score (nSPS) is 10.5. The molecule has 0 saturated heterocycles. The van der Waals surface area contributed by atoms with Gasteiger partial charge in [0, 0.05) is 26.1 Å². The SMILES string of the molecule is C#CCBr.C#CCOCCOCCCC(=O)OC(C)(C)C.CC(C)(C)OC(=O)CCCOCCO. The second kappa shape index (κ2) is 25.5. The Morgan fingerprint density at radius 2 is 1.14 bits per heavy atom. The predicted octanol–water partition coefficient (Wildman–Crippen LogP) is 3.91. The summed E-state index contributed by atoms with van der Waals surface area (Å²) in [5.74, 6) is 4.32. The molecule has 0 aromatic carbocycles. The van der Waals surface area contributed by atoms with E-state index in [0.717, 1.165) is 0 Å². The number of terminal acetylenes is 2. The molecule has 0 fully saturated rings. The summed E-state index contributed by atoms with van der Waals surface area (Å²) in [6.07, 6.45) is 11.8. The molecule has 0 aliphatic heterocycles. The summed E-state index contributed by atoms with van der Waals surface area (Å²) in [7, 11) is 0. The summed E-state index contributed by atoms with van der Waals surface area (Å²) >= 11 is 3.01. The Morgan fingerprint density at radius 3 is 1.49 bits per heavy atom. The van der Waals surface area contributed by atoms with E-state index in [1.165, 1.54) is 0 Å². The topological polar surface area (TPSA) is 101 Å². The monoisotopic (exact) mass is 564 g/mol. The Bertz CT molecular complexity index is 594. The lowest BCUT2D eigenvalue weighted by Gasteiger charge is -2.19. The predicted molar refractivity (Wildman–Crippen MR) is 141 cm³/mol. The number of carbonyl (C=O) groups excluding carboxylic acids is 2. The summed E-state index contributed by atoms with van der Waals surface area (Å²) in [4.78, 5) is 22.5. The van der Waals surface area contributed by atoms with Gasteiger partial charge in [-0.3, -0.25) is 9.59 Å². The number of hydrogen-bond donors (Lipinski definition) is 1. The molecule has 0 aromatic heterocycles. The molecule has 0 aliphatic rings. The first-order valence-corrected chi connectivity index (χ1v) is 12.7. The Kier molecular flexibility index (Phi) is 27.6. The highest BCUT2D eigenvalue weighted by Crippen LogP contribution is 2.09. The van der Waals surface area contributed by atoms with Gasteiger partial charge >= 0.3 is 11.9 Å². The van der Waals surface area contributed by atoms with Crippen LogP contribution in [0.15, 0.2) is 0 Å². The lowest BCUT2D eigenvalue weighted by atomic mass is 10.2. The zero-order valence-corrected chi connectivity index (χ0v) is 23.9. The van der Waals surface area contributed by atoms with Crippen molar-refractivity contribution in [3.8, 4) is 24.7 Å². The molecule has 0 saturated carbocycles. The van der Waals surface area contributed by atoms with E-state index in [9.17, 15) is 9.59 Å². The van der Waals surface area contributed by atoms with E-state index >= 15 is 0 Å². The van der Waals surface area contributed by atoms with E-state index in [1.807, 2.05) is 41.5 Å². The molecular formula is C26H45BrO8. The Balaban J connectivity index is -0.000000514. The molecular weight excluding hydrogens is 520 g/mol. The first-order valence-electron chi connectivity index (χ1n) is 11.5. The Labute approximate surface area is 220 Å². The minimum Gasteiger partial charge on any atom is -0.460 e. The minimum absolute atomic E-state index is 0.0203. The Hall–Kier alpha value is -1.62. The molecule has 0 unspecified atom stereocenters. The highest BCUT2D eigenvalue weighted by molar-refractivity contribution is 9.09. The zero-order valence-electron chi connectivity index (χ0n) is 22.3. The number of esters is 2. The number of hydrogen-bond acceptors (Lipinski definition) is 8. The Morgan fingerprint density at radius 1 is 0.743 bits per heavy atom. The van der Waals surface area contributed by atoms with Gasteiger partial charge in [-0.2, -0.15) is 0 Å². The van der Waals surface area contributed by atoms with Crippen LogP contribution < -0.4 is 0 Å². The van der Waals surface area contributed by atoms with E-state index in [0.29, 0.717) is 70.7 Å². The van der Waals surface area contributed by atoms with Gasteiger partial charge in [-0.15, -0.1) is 12.8 Å². The van der Waals surface area contributed by atoms with Crippen LogP contribution in [0.4, 0.5) is 0 Å². The van der Waals surface area contributed by atoms with E-state index in [1.54, 1.807) is 0 Å². The van der Waals surface area contributed by atoms with Crippen LogP contribution in [-0.4, -0.2) is 79.8 Å². The molecule has 0 atom stereocenters. The van der Waals surface area contributed by atoms with Crippen molar-refractivity contribution < 1.29 is 38.4 Å². The van der Waals surface area contributed by atoms with Crippen LogP contribution in [-0.2, 0) is 33.3 Å². The average molecular weight is 566 g/mol. The van der Waals surface area contributed by atoms with Crippen molar-refractivity contribution in [1.29, 1.82) is 0 Å². The quantitative estimate of drug-likeness (QED) is 0.147. The molecule has 0 aliphatic carbocycles. The third-order valence-corrected chi connectivity index (χ3v) is 3.37. The first-order chi connectivity index (χ1) is 16.3. The van der Waals surface area contributed by atoms with Crippen LogP contribution in [0.5, 0.6) is 0 Å². The highest BCUT2D eigenvalue weighted by atomic mass is 79.9. The standard InChI is InChI=1S/C13H22O4.C10H20O4.C3H3Br/c1-5-8-15-10-11-16-9-6-7-12(14)17-13(2,3)4;1-10(2,3)14-9(12)5-4-7-13-8-6-11;1-2-3-4/h1H,6-11H2,2-4H3;11H,4-8H2,1-3H3;1H,3H2. The van der Waals surface area contributed by atoms with Crippen LogP contribution in [0.2, 0.25) is 0 Å². The van der Waals surface area contributed by atoms with Crippen LogP contribution in [0.3, 0.4) is 0 Å². The number of aliphatic hydroxyl groups is 1. The number of rotatable bonds is 14. The zero-order chi connectivity index (χ0) is 27.6. The van der Waals surface area contributed by atoms with Crippen molar-refractivity contribution in [2.24, 2.45) is 0 Å². The van der Waals surface area contributed by atoms with Gasteiger partial charge in [0.2, 0.25) is 0 Å². The van der Waals surface area contributed by atoms with Gasteiger partial charge in [0.25, 0.3) is 0 Å². The van der Waals surface area contributed by atoms with Crippen LogP contribution >= 0.6 is 15.9 Å². The molecule has 204 valence electrons. The second-order valence-corrected chi connectivity index (χ2v) is 9.48. The number of alkyl halides is 1. The fourth-order valence-corrected chi connectivity index (χ4v) is 1.94. The summed E-state index contributed by atoms with van der Waals surface area (Å²) in [6, 6.07) is 0. The van der Waals surface area contributed by atoms with Crippen LogP contribution in [0.25, 0.3) is 0 Å². The minimum atomic E-state index is -0.416. The molecule has 0 heterocycles. The van der Waals surface area contributed by atoms with Gasteiger partial charge in [0.05, 0.1) is 31.8 Å². The molecule has 9 heteroatoms. The lowest BCUT2D eigenvalue weighted by molar-refractivity contribution is -0.156. The van der Waals surface area contributed by atoms with Crippen molar-refractivity contribution in [3.05, 3.63) is 0 Å². The van der Waals surface area contributed by atoms with E-state index in [-0.39, 0.29) is 18.5 Å². The fourth-order valence-electron chi connectivity index (χ4n) is 1.94. The third-order valence-electron chi connectivity index (χ3n) is 3.05. The number of carbonyl (C=O) groups is 2. The largest absolute Gasteiger partial charge is 0.460 e. The van der Waals surface area contributed by atoms with E-state index < -0.39 is 11.2 Å². The molecule has 0 aromatic rings.